The van der Waals surface area contributed by atoms with Crippen molar-refractivity contribution in [3.05, 3.63) is 54.6 Å². The number of benzene rings is 3. The van der Waals surface area contributed by atoms with Gasteiger partial charge in [-0.25, -0.2) is 0 Å². The lowest BCUT2D eigenvalue weighted by atomic mass is 10.0. The number of rotatable bonds is 3. The van der Waals surface area contributed by atoms with Gasteiger partial charge < -0.3 is 5.11 Å². The molecule has 0 amide bonds. The topological polar surface area (TPSA) is 20.2 Å². The van der Waals surface area contributed by atoms with E-state index in [2.05, 4.69) is 54.6 Å². The fourth-order valence-electron chi connectivity index (χ4n) is 2.28. The molecule has 18 heavy (non-hydrogen) atoms. The highest BCUT2D eigenvalue weighted by Crippen LogP contribution is 2.35. The molecule has 0 saturated heterocycles. The van der Waals surface area contributed by atoms with Crippen molar-refractivity contribution in [3.63, 3.8) is 0 Å². The van der Waals surface area contributed by atoms with E-state index in [1.54, 1.807) is 11.8 Å². The van der Waals surface area contributed by atoms with E-state index in [1.165, 1.54) is 26.4 Å². The summed E-state index contributed by atoms with van der Waals surface area (Å²) in [5, 5.41) is 14.1. The minimum atomic E-state index is 0.211. The van der Waals surface area contributed by atoms with E-state index in [4.69, 9.17) is 5.11 Å². The highest BCUT2D eigenvalue weighted by atomic mass is 32.2. The van der Waals surface area contributed by atoms with Gasteiger partial charge in [0.05, 0.1) is 6.61 Å². The van der Waals surface area contributed by atoms with E-state index in [1.807, 2.05) is 0 Å². The van der Waals surface area contributed by atoms with Crippen LogP contribution in [0.4, 0.5) is 0 Å². The maximum atomic E-state index is 9.05. The molecule has 0 aliphatic rings. The predicted octanol–water partition coefficient (Wildman–Crippen LogP) is 4.08. The van der Waals surface area contributed by atoms with E-state index >= 15 is 0 Å². The highest BCUT2D eigenvalue weighted by Gasteiger charge is 2.07. The standard InChI is InChI=1S/C16H14OS/c17-9-10-18-16-14-7-3-1-5-12(14)11-13-6-2-4-8-15(13)16/h1-8,11,17H,9-10H2. The van der Waals surface area contributed by atoms with Gasteiger partial charge in [-0.1, -0.05) is 48.5 Å². The summed E-state index contributed by atoms with van der Waals surface area (Å²) in [5.74, 6) is 0.734. The summed E-state index contributed by atoms with van der Waals surface area (Å²) in [5.41, 5.74) is 0. The first kappa shape index (κ1) is 11.6. The summed E-state index contributed by atoms with van der Waals surface area (Å²) in [6, 6.07) is 19.1. The first-order valence-corrected chi connectivity index (χ1v) is 7.03. The van der Waals surface area contributed by atoms with Crippen LogP contribution in [0.25, 0.3) is 21.5 Å². The third-order valence-corrected chi connectivity index (χ3v) is 4.17. The van der Waals surface area contributed by atoms with Gasteiger partial charge in [-0.3, -0.25) is 0 Å². The second-order valence-electron chi connectivity index (χ2n) is 4.22. The van der Waals surface area contributed by atoms with Crippen LogP contribution in [-0.2, 0) is 0 Å². The number of aliphatic hydroxyl groups excluding tert-OH is 1. The fraction of sp³-hybridized carbons (Fsp3) is 0.125. The monoisotopic (exact) mass is 254 g/mol. The van der Waals surface area contributed by atoms with Crippen LogP contribution in [0.1, 0.15) is 0 Å². The van der Waals surface area contributed by atoms with Crippen molar-refractivity contribution in [2.45, 2.75) is 4.90 Å². The van der Waals surface area contributed by atoms with Crippen molar-refractivity contribution >= 4 is 33.3 Å². The third kappa shape index (κ3) is 1.98. The molecule has 1 nitrogen and oxygen atoms in total. The Kier molecular flexibility index (Phi) is 3.22. The molecule has 0 radical (unpaired) electrons. The average molecular weight is 254 g/mol. The number of fused-ring (bicyclic) bond motifs is 2. The van der Waals surface area contributed by atoms with Gasteiger partial charge in [0, 0.05) is 10.6 Å². The predicted molar refractivity (Wildman–Crippen MR) is 79.3 cm³/mol. The average Bonchev–Trinajstić information content (AvgIpc) is 2.43. The Labute approximate surface area is 110 Å². The lowest BCUT2D eigenvalue weighted by Crippen LogP contribution is -1.88. The summed E-state index contributed by atoms with van der Waals surface area (Å²) in [7, 11) is 0. The molecule has 3 aromatic rings. The minimum Gasteiger partial charge on any atom is -0.396 e. The molecule has 0 spiro atoms. The molecule has 0 unspecified atom stereocenters. The van der Waals surface area contributed by atoms with Crippen LogP contribution in [-0.4, -0.2) is 17.5 Å². The Morgan fingerprint density at radius 3 is 1.94 bits per heavy atom. The number of hydrogen-bond donors (Lipinski definition) is 1. The second kappa shape index (κ2) is 5.01. The summed E-state index contributed by atoms with van der Waals surface area (Å²) < 4.78 is 0. The van der Waals surface area contributed by atoms with Crippen molar-refractivity contribution in [1.29, 1.82) is 0 Å². The number of thioether (sulfide) groups is 1. The summed E-state index contributed by atoms with van der Waals surface area (Å²) >= 11 is 1.73. The zero-order valence-electron chi connectivity index (χ0n) is 9.97. The zero-order chi connectivity index (χ0) is 12.4. The van der Waals surface area contributed by atoms with Crippen LogP contribution >= 0.6 is 11.8 Å². The van der Waals surface area contributed by atoms with Crippen LogP contribution < -0.4 is 0 Å². The number of hydrogen-bond acceptors (Lipinski definition) is 2. The highest BCUT2D eigenvalue weighted by molar-refractivity contribution is 7.99. The van der Waals surface area contributed by atoms with Gasteiger partial charge in [0.2, 0.25) is 0 Å². The van der Waals surface area contributed by atoms with Crippen LogP contribution in [0.3, 0.4) is 0 Å². The van der Waals surface area contributed by atoms with Crippen molar-refractivity contribution in [2.75, 3.05) is 12.4 Å². The Morgan fingerprint density at radius 2 is 1.39 bits per heavy atom. The molecule has 0 aliphatic carbocycles. The Hall–Kier alpha value is -1.51. The molecule has 2 heteroatoms. The first-order valence-electron chi connectivity index (χ1n) is 6.04. The first-order chi connectivity index (χ1) is 8.90. The fourth-order valence-corrected chi connectivity index (χ4v) is 3.25. The molecular formula is C16H14OS. The molecule has 3 aromatic carbocycles. The van der Waals surface area contributed by atoms with E-state index < -0.39 is 0 Å². The SMILES string of the molecule is OCCSc1c2ccccc2cc2ccccc12. The molecule has 0 atom stereocenters. The van der Waals surface area contributed by atoms with Gasteiger partial charge in [-0.2, -0.15) is 0 Å². The summed E-state index contributed by atoms with van der Waals surface area (Å²) in [4.78, 5) is 1.28. The van der Waals surface area contributed by atoms with Crippen molar-refractivity contribution in [1.82, 2.24) is 0 Å². The van der Waals surface area contributed by atoms with Crippen LogP contribution in [0.5, 0.6) is 0 Å². The lowest BCUT2D eigenvalue weighted by molar-refractivity contribution is 0.322. The lowest BCUT2D eigenvalue weighted by Gasteiger charge is -2.10. The van der Waals surface area contributed by atoms with E-state index in [-0.39, 0.29) is 6.61 Å². The molecule has 0 bridgehead atoms. The second-order valence-corrected chi connectivity index (χ2v) is 5.33. The van der Waals surface area contributed by atoms with Gasteiger partial charge in [-0.05, 0) is 27.6 Å². The molecular weight excluding hydrogens is 240 g/mol. The quantitative estimate of drug-likeness (QED) is 0.561. The Bertz CT molecular complexity index is 637. The largest absolute Gasteiger partial charge is 0.396 e. The van der Waals surface area contributed by atoms with E-state index in [9.17, 15) is 0 Å². The zero-order valence-corrected chi connectivity index (χ0v) is 10.8. The van der Waals surface area contributed by atoms with E-state index in [0.29, 0.717) is 0 Å². The minimum absolute atomic E-state index is 0.211. The van der Waals surface area contributed by atoms with Gasteiger partial charge in [0.25, 0.3) is 0 Å². The van der Waals surface area contributed by atoms with Crippen LogP contribution in [0.2, 0.25) is 0 Å². The molecule has 0 saturated carbocycles. The van der Waals surface area contributed by atoms with Crippen molar-refractivity contribution in [3.8, 4) is 0 Å². The van der Waals surface area contributed by atoms with Crippen LogP contribution in [0.15, 0.2) is 59.5 Å². The normalized spacial score (nSPS) is 11.2. The van der Waals surface area contributed by atoms with E-state index in [0.717, 1.165) is 5.75 Å². The summed E-state index contributed by atoms with van der Waals surface area (Å²) in [6.45, 7) is 0.211. The number of aliphatic hydroxyl groups is 1. The molecule has 90 valence electrons. The van der Waals surface area contributed by atoms with Gasteiger partial charge in [-0.15, -0.1) is 11.8 Å². The molecule has 3 rings (SSSR count). The molecule has 0 aromatic heterocycles. The molecule has 0 aliphatic heterocycles. The van der Waals surface area contributed by atoms with Crippen LogP contribution in [0, 0.1) is 0 Å². The van der Waals surface area contributed by atoms with Gasteiger partial charge >= 0.3 is 0 Å². The smallest absolute Gasteiger partial charge is 0.0525 e. The maximum Gasteiger partial charge on any atom is 0.0525 e. The summed E-state index contributed by atoms with van der Waals surface area (Å²) in [6.07, 6.45) is 0. The van der Waals surface area contributed by atoms with Gasteiger partial charge in [0.15, 0.2) is 0 Å². The molecule has 0 fully saturated rings. The Balaban J connectivity index is 2.34. The molecule has 0 heterocycles. The Morgan fingerprint density at radius 1 is 0.833 bits per heavy atom. The van der Waals surface area contributed by atoms with Crippen molar-refractivity contribution in [2.24, 2.45) is 0 Å². The molecule has 1 N–H and O–H groups in total. The third-order valence-electron chi connectivity index (χ3n) is 3.06. The van der Waals surface area contributed by atoms with Gasteiger partial charge in [0.1, 0.15) is 0 Å². The maximum absolute atomic E-state index is 9.05. The van der Waals surface area contributed by atoms with Crippen molar-refractivity contribution < 1.29 is 5.11 Å².